The van der Waals surface area contributed by atoms with Crippen LogP contribution in [-0.4, -0.2) is 11.8 Å². The highest BCUT2D eigenvalue weighted by atomic mass is 32.1. The predicted octanol–water partition coefficient (Wildman–Crippen LogP) is 3.38. The molecule has 1 heterocycles. The number of hydrogen-bond donors (Lipinski definition) is 2. The Labute approximate surface area is 127 Å². The lowest BCUT2D eigenvalue weighted by Gasteiger charge is -2.14. The highest BCUT2D eigenvalue weighted by molar-refractivity contribution is 7.10. The van der Waals surface area contributed by atoms with Gasteiger partial charge < -0.3 is 10.6 Å². The Morgan fingerprint density at radius 3 is 2.38 bits per heavy atom. The van der Waals surface area contributed by atoms with E-state index in [9.17, 15) is 9.59 Å². The van der Waals surface area contributed by atoms with Gasteiger partial charge in [-0.2, -0.15) is 0 Å². The highest BCUT2D eigenvalue weighted by Crippen LogP contribution is 2.50. The Morgan fingerprint density at radius 2 is 1.81 bits per heavy atom. The largest absolute Gasteiger partial charge is 0.326 e. The number of benzene rings is 1. The standard InChI is InChI=1S/C16H16N2O2S/c1-11(19)17-12-4-2-5-13(10-12)18-15(20)16(7-8-16)14-6-3-9-21-14/h2-6,9-10H,7-8H2,1H3,(H,17,19)(H,18,20). The summed E-state index contributed by atoms with van der Waals surface area (Å²) < 4.78 is 0. The van der Waals surface area contributed by atoms with Crippen molar-refractivity contribution in [1.29, 1.82) is 0 Å². The van der Waals surface area contributed by atoms with E-state index in [1.54, 1.807) is 23.5 Å². The zero-order valence-corrected chi connectivity index (χ0v) is 12.5. The maximum absolute atomic E-state index is 12.5. The number of carbonyl (C=O) groups excluding carboxylic acids is 2. The number of anilines is 2. The van der Waals surface area contributed by atoms with Gasteiger partial charge in [-0.3, -0.25) is 9.59 Å². The molecule has 4 nitrogen and oxygen atoms in total. The van der Waals surface area contributed by atoms with Gasteiger partial charge in [0, 0.05) is 23.2 Å². The van der Waals surface area contributed by atoms with Gasteiger partial charge in [0.1, 0.15) is 0 Å². The van der Waals surface area contributed by atoms with Gasteiger partial charge in [0.2, 0.25) is 11.8 Å². The third kappa shape index (κ3) is 2.83. The summed E-state index contributed by atoms with van der Waals surface area (Å²) in [6, 6.07) is 11.2. The molecule has 0 atom stereocenters. The molecule has 0 spiro atoms. The van der Waals surface area contributed by atoms with Gasteiger partial charge in [0.15, 0.2) is 0 Å². The molecule has 1 aliphatic rings. The molecule has 0 aliphatic heterocycles. The van der Waals surface area contributed by atoms with Crippen molar-refractivity contribution in [2.24, 2.45) is 0 Å². The monoisotopic (exact) mass is 300 g/mol. The van der Waals surface area contributed by atoms with Gasteiger partial charge in [0.25, 0.3) is 0 Å². The number of rotatable bonds is 4. The topological polar surface area (TPSA) is 58.2 Å². The quantitative estimate of drug-likeness (QED) is 0.909. The summed E-state index contributed by atoms with van der Waals surface area (Å²) in [6.07, 6.45) is 1.79. The molecule has 1 aromatic heterocycles. The Morgan fingerprint density at radius 1 is 1.10 bits per heavy atom. The van der Waals surface area contributed by atoms with Crippen LogP contribution in [0.5, 0.6) is 0 Å². The first kappa shape index (κ1) is 13.8. The highest BCUT2D eigenvalue weighted by Gasteiger charge is 2.52. The molecule has 2 N–H and O–H groups in total. The van der Waals surface area contributed by atoms with Crippen LogP contribution < -0.4 is 10.6 Å². The molecule has 2 aromatic rings. The average molecular weight is 300 g/mol. The molecule has 108 valence electrons. The summed E-state index contributed by atoms with van der Waals surface area (Å²) in [5.74, 6) is -0.0966. The van der Waals surface area contributed by atoms with E-state index in [-0.39, 0.29) is 17.2 Å². The minimum Gasteiger partial charge on any atom is -0.326 e. The Hall–Kier alpha value is -2.14. The molecule has 0 bridgehead atoms. The van der Waals surface area contributed by atoms with Crippen molar-refractivity contribution in [3.63, 3.8) is 0 Å². The van der Waals surface area contributed by atoms with Crippen LogP contribution in [0, 0.1) is 0 Å². The second kappa shape index (κ2) is 5.33. The predicted molar refractivity (Wildman–Crippen MR) is 84.6 cm³/mol. The van der Waals surface area contributed by atoms with Crippen molar-refractivity contribution in [3.8, 4) is 0 Å². The fourth-order valence-corrected chi connectivity index (χ4v) is 3.37. The minimum atomic E-state index is -0.349. The van der Waals surface area contributed by atoms with Crippen molar-refractivity contribution in [2.45, 2.75) is 25.2 Å². The molecule has 1 fully saturated rings. The van der Waals surface area contributed by atoms with Crippen LogP contribution in [0.1, 0.15) is 24.6 Å². The fourth-order valence-electron chi connectivity index (χ4n) is 2.39. The SMILES string of the molecule is CC(=O)Nc1cccc(NC(=O)C2(c3cccs3)CC2)c1. The molecular weight excluding hydrogens is 284 g/mol. The van der Waals surface area contributed by atoms with Crippen LogP contribution in [0.4, 0.5) is 11.4 Å². The van der Waals surface area contributed by atoms with Crippen molar-refractivity contribution >= 4 is 34.5 Å². The smallest absolute Gasteiger partial charge is 0.235 e. The van der Waals surface area contributed by atoms with E-state index >= 15 is 0 Å². The second-order valence-electron chi connectivity index (χ2n) is 5.28. The summed E-state index contributed by atoms with van der Waals surface area (Å²) in [6.45, 7) is 1.46. The average Bonchev–Trinajstić information content (AvgIpc) is 3.06. The second-order valence-corrected chi connectivity index (χ2v) is 6.22. The molecule has 1 saturated carbocycles. The van der Waals surface area contributed by atoms with Gasteiger partial charge in [0.05, 0.1) is 5.41 Å². The van der Waals surface area contributed by atoms with Crippen LogP contribution in [-0.2, 0) is 15.0 Å². The summed E-state index contributed by atoms with van der Waals surface area (Å²) in [7, 11) is 0. The summed E-state index contributed by atoms with van der Waals surface area (Å²) >= 11 is 1.62. The van der Waals surface area contributed by atoms with Crippen LogP contribution in [0.15, 0.2) is 41.8 Å². The fraction of sp³-hybridized carbons (Fsp3) is 0.250. The Bertz CT molecular complexity index is 675. The normalized spacial score (nSPS) is 15.3. The first-order valence-electron chi connectivity index (χ1n) is 6.83. The molecule has 0 saturated heterocycles. The number of nitrogens with one attached hydrogen (secondary N) is 2. The summed E-state index contributed by atoms with van der Waals surface area (Å²) in [5.41, 5.74) is 1.04. The lowest BCUT2D eigenvalue weighted by atomic mass is 10.0. The minimum absolute atomic E-state index is 0.0323. The number of carbonyl (C=O) groups is 2. The van der Waals surface area contributed by atoms with Gasteiger partial charge in [-0.1, -0.05) is 12.1 Å². The van der Waals surface area contributed by atoms with E-state index in [4.69, 9.17) is 0 Å². The molecular formula is C16H16N2O2S. The van der Waals surface area contributed by atoms with Crippen LogP contribution in [0.25, 0.3) is 0 Å². The molecule has 5 heteroatoms. The van der Waals surface area contributed by atoms with Crippen molar-refractivity contribution in [2.75, 3.05) is 10.6 Å². The van der Waals surface area contributed by atoms with Gasteiger partial charge in [-0.15, -0.1) is 11.3 Å². The van der Waals surface area contributed by atoms with Crippen LogP contribution in [0.2, 0.25) is 0 Å². The number of hydrogen-bond acceptors (Lipinski definition) is 3. The third-order valence-electron chi connectivity index (χ3n) is 3.62. The van der Waals surface area contributed by atoms with E-state index in [1.807, 2.05) is 29.6 Å². The molecule has 21 heavy (non-hydrogen) atoms. The van der Waals surface area contributed by atoms with E-state index in [0.717, 1.165) is 17.7 Å². The third-order valence-corrected chi connectivity index (χ3v) is 4.69. The van der Waals surface area contributed by atoms with E-state index in [1.165, 1.54) is 6.92 Å². The number of thiophene rings is 1. The maximum atomic E-state index is 12.5. The van der Waals surface area contributed by atoms with Crippen molar-refractivity contribution in [1.82, 2.24) is 0 Å². The molecule has 2 amide bonds. The first-order chi connectivity index (χ1) is 10.1. The Kier molecular flexibility index (Phi) is 3.51. The zero-order chi connectivity index (χ0) is 14.9. The molecule has 1 aromatic carbocycles. The van der Waals surface area contributed by atoms with Crippen molar-refractivity contribution < 1.29 is 9.59 Å². The maximum Gasteiger partial charge on any atom is 0.235 e. The van der Waals surface area contributed by atoms with Gasteiger partial charge in [-0.25, -0.2) is 0 Å². The van der Waals surface area contributed by atoms with Gasteiger partial charge >= 0.3 is 0 Å². The number of amides is 2. The van der Waals surface area contributed by atoms with E-state index < -0.39 is 0 Å². The molecule has 0 unspecified atom stereocenters. The van der Waals surface area contributed by atoms with E-state index in [2.05, 4.69) is 10.6 Å². The van der Waals surface area contributed by atoms with Gasteiger partial charge in [-0.05, 0) is 42.5 Å². The summed E-state index contributed by atoms with van der Waals surface area (Å²) in [4.78, 5) is 24.7. The van der Waals surface area contributed by atoms with E-state index in [0.29, 0.717) is 11.4 Å². The lowest BCUT2D eigenvalue weighted by Crippen LogP contribution is -2.27. The van der Waals surface area contributed by atoms with Crippen LogP contribution in [0.3, 0.4) is 0 Å². The molecule has 0 radical (unpaired) electrons. The van der Waals surface area contributed by atoms with Crippen LogP contribution >= 0.6 is 11.3 Å². The first-order valence-corrected chi connectivity index (χ1v) is 7.71. The van der Waals surface area contributed by atoms with Crippen molar-refractivity contribution in [3.05, 3.63) is 46.7 Å². The molecule has 3 rings (SSSR count). The Balaban J connectivity index is 1.75. The summed E-state index contributed by atoms with van der Waals surface area (Å²) in [5, 5.41) is 7.68. The lowest BCUT2D eigenvalue weighted by molar-refractivity contribution is -0.118. The molecule has 1 aliphatic carbocycles. The zero-order valence-electron chi connectivity index (χ0n) is 11.7.